The van der Waals surface area contributed by atoms with Crippen molar-refractivity contribution in [3.63, 3.8) is 0 Å². The van der Waals surface area contributed by atoms with E-state index in [-0.39, 0.29) is 12.6 Å². The number of likely N-dealkylation sites (tertiary alicyclic amines) is 1. The van der Waals surface area contributed by atoms with Gasteiger partial charge in [-0.05, 0) is 39.2 Å². The molecule has 6 heteroatoms. The number of hydrogen-bond acceptors (Lipinski definition) is 4. The van der Waals surface area contributed by atoms with Crippen molar-refractivity contribution in [1.29, 1.82) is 0 Å². The lowest BCUT2D eigenvalue weighted by molar-refractivity contribution is -0.162. The first-order valence-corrected chi connectivity index (χ1v) is 11.8. The molecule has 1 aliphatic rings. The molecule has 5 nitrogen and oxygen atoms in total. The zero-order valence-corrected chi connectivity index (χ0v) is 17.0. The Kier molecular flexibility index (Phi) is 5.93. The zero-order valence-electron chi connectivity index (χ0n) is 15.9. The second-order valence-corrected chi connectivity index (χ2v) is 11.1. The van der Waals surface area contributed by atoms with E-state index in [1.165, 1.54) is 0 Å². The monoisotopic (exact) mass is 363 g/mol. The third-order valence-electron chi connectivity index (χ3n) is 4.55. The molecule has 0 radical (unpaired) electrons. The lowest BCUT2D eigenvalue weighted by Gasteiger charge is -2.40. The summed E-state index contributed by atoms with van der Waals surface area (Å²) < 4.78 is 11.2. The van der Waals surface area contributed by atoms with Gasteiger partial charge < -0.3 is 9.47 Å². The maximum Gasteiger partial charge on any atom is 0.410 e. The molecule has 138 valence electrons. The van der Waals surface area contributed by atoms with E-state index < -0.39 is 25.7 Å². The predicted octanol–water partition coefficient (Wildman–Crippen LogP) is 3.53. The van der Waals surface area contributed by atoms with Crippen molar-refractivity contribution in [3.8, 4) is 0 Å². The molecule has 2 rings (SSSR count). The molecule has 0 saturated carbocycles. The van der Waals surface area contributed by atoms with Crippen molar-refractivity contribution >= 4 is 20.9 Å². The van der Waals surface area contributed by atoms with Crippen LogP contribution in [-0.2, 0) is 20.9 Å². The fourth-order valence-corrected chi connectivity index (χ4v) is 5.48. The molecule has 1 aromatic carbocycles. The molecule has 1 aliphatic heterocycles. The van der Waals surface area contributed by atoms with Gasteiger partial charge in [-0.25, -0.2) is 9.59 Å². The Bertz CT molecular complexity index is 612. The number of carbonyl (C=O) groups excluding carboxylic acids is 2. The number of carbonyl (C=O) groups is 2. The fourth-order valence-electron chi connectivity index (χ4n) is 3.31. The van der Waals surface area contributed by atoms with E-state index >= 15 is 0 Å². The third-order valence-corrected chi connectivity index (χ3v) is 7.30. The highest BCUT2D eigenvalue weighted by atomic mass is 28.3. The first-order chi connectivity index (χ1) is 11.7. The van der Waals surface area contributed by atoms with E-state index in [0.717, 1.165) is 12.0 Å². The van der Waals surface area contributed by atoms with Gasteiger partial charge in [-0.2, -0.15) is 0 Å². The molecule has 0 N–H and O–H groups in total. The van der Waals surface area contributed by atoms with Crippen LogP contribution in [-0.4, -0.2) is 43.1 Å². The lowest BCUT2D eigenvalue weighted by Crippen LogP contribution is -2.62. The summed E-state index contributed by atoms with van der Waals surface area (Å²) in [6, 6.07) is 9.56. The van der Waals surface area contributed by atoms with E-state index in [1.54, 1.807) is 4.90 Å². The van der Waals surface area contributed by atoms with Crippen LogP contribution in [0.15, 0.2) is 30.3 Å². The molecule has 0 spiro atoms. The molecule has 1 heterocycles. The standard InChI is InChI=1S/C19H29NO4Si/c1-18(2,3)24-16(21)19(25(4)5)12-9-13-20(19)17(22)23-14-15-10-7-6-8-11-15/h6-8,10-11,25H,9,12-14H2,1-5H3/t19-/m1/s1. The van der Waals surface area contributed by atoms with Gasteiger partial charge in [0.2, 0.25) is 0 Å². The maximum atomic E-state index is 13.0. The molecule has 0 aliphatic carbocycles. The average molecular weight is 364 g/mol. The molecule has 1 saturated heterocycles. The Labute approximate surface area is 151 Å². The summed E-state index contributed by atoms with van der Waals surface area (Å²) in [6.07, 6.45) is 1.03. The summed E-state index contributed by atoms with van der Waals surface area (Å²) in [4.78, 5) is 27.3. The van der Waals surface area contributed by atoms with Crippen molar-refractivity contribution in [2.45, 2.75) is 64.1 Å². The molecule has 1 fully saturated rings. The molecule has 0 aromatic heterocycles. The summed E-state index contributed by atoms with van der Waals surface area (Å²) in [5.74, 6) is -0.282. The lowest BCUT2D eigenvalue weighted by atomic mass is 10.1. The van der Waals surface area contributed by atoms with Gasteiger partial charge >= 0.3 is 12.1 Å². The summed E-state index contributed by atoms with van der Waals surface area (Å²) in [6.45, 7) is 10.5. The van der Waals surface area contributed by atoms with Crippen LogP contribution >= 0.6 is 0 Å². The van der Waals surface area contributed by atoms with Crippen LogP contribution in [0.25, 0.3) is 0 Å². The summed E-state index contributed by atoms with van der Waals surface area (Å²) in [5.41, 5.74) is 0.356. The highest BCUT2D eigenvalue weighted by molar-refractivity contribution is 6.64. The van der Waals surface area contributed by atoms with E-state index in [4.69, 9.17) is 9.47 Å². The smallest absolute Gasteiger partial charge is 0.410 e. The van der Waals surface area contributed by atoms with Crippen LogP contribution in [0, 0.1) is 0 Å². The Morgan fingerprint density at radius 2 is 1.84 bits per heavy atom. The predicted molar refractivity (Wildman–Crippen MR) is 100 cm³/mol. The Balaban J connectivity index is 2.16. The normalized spacial score (nSPS) is 20.6. The number of nitrogens with zero attached hydrogens (tertiary/aromatic N) is 1. The van der Waals surface area contributed by atoms with Crippen LogP contribution in [0.1, 0.15) is 39.2 Å². The van der Waals surface area contributed by atoms with Crippen molar-refractivity contribution in [2.75, 3.05) is 6.54 Å². The van der Waals surface area contributed by atoms with Crippen LogP contribution < -0.4 is 0 Å². The number of rotatable bonds is 4. The zero-order chi connectivity index (χ0) is 18.7. The van der Waals surface area contributed by atoms with Crippen LogP contribution in [0.5, 0.6) is 0 Å². The molecule has 1 atom stereocenters. The van der Waals surface area contributed by atoms with E-state index in [0.29, 0.717) is 13.0 Å². The first-order valence-electron chi connectivity index (χ1n) is 8.88. The molecular formula is C19H29NO4Si. The number of ether oxygens (including phenoxy) is 2. The number of benzene rings is 1. The van der Waals surface area contributed by atoms with Crippen molar-refractivity contribution in [1.82, 2.24) is 4.90 Å². The number of hydrogen-bond donors (Lipinski definition) is 0. The minimum Gasteiger partial charge on any atom is -0.458 e. The Hall–Kier alpha value is -1.82. The third kappa shape index (κ3) is 4.42. The second-order valence-electron chi connectivity index (χ2n) is 7.88. The second kappa shape index (κ2) is 7.60. The molecule has 1 amide bonds. The van der Waals surface area contributed by atoms with Gasteiger partial charge in [0.1, 0.15) is 17.4 Å². The van der Waals surface area contributed by atoms with E-state index in [2.05, 4.69) is 13.1 Å². The summed E-state index contributed by atoms with van der Waals surface area (Å²) in [7, 11) is -1.57. The highest BCUT2D eigenvalue weighted by Crippen LogP contribution is 2.35. The van der Waals surface area contributed by atoms with Gasteiger partial charge in [-0.1, -0.05) is 43.4 Å². The van der Waals surface area contributed by atoms with Crippen molar-refractivity contribution in [2.24, 2.45) is 0 Å². The molecule has 1 aromatic rings. The number of esters is 1. The van der Waals surface area contributed by atoms with E-state index in [9.17, 15) is 9.59 Å². The van der Waals surface area contributed by atoms with Crippen LogP contribution in [0.2, 0.25) is 13.1 Å². The first kappa shape index (κ1) is 19.5. The molecule has 0 bridgehead atoms. The fraction of sp³-hybridized carbons (Fsp3) is 0.579. The minimum absolute atomic E-state index is 0.209. The van der Waals surface area contributed by atoms with Gasteiger partial charge in [0.25, 0.3) is 0 Å². The quantitative estimate of drug-likeness (QED) is 0.607. The van der Waals surface area contributed by atoms with Crippen molar-refractivity contribution < 1.29 is 19.1 Å². The van der Waals surface area contributed by atoms with Crippen molar-refractivity contribution in [3.05, 3.63) is 35.9 Å². The Morgan fingerprint density at radius 1 is 1.20 bits per heavy atom. The average Bonchev–Trinajstić information content (AvgIpc) is 2.98. The van der Waals surface area contributed by atoms with Gasteiger partial charge in [-0.3, -0.25) is 4.90 Å². The van der Waals surface area contributed by atoms with Crippen LogP contribution in [0.3, 0.4) is 0 Å². The van der Waals surface area contributed by atoms with Crippen LogP contribution in [0.4, 0.5) is 4.79 Å². The topological polar surface area (TPSA) is 55.8 Å². The number of amides is 1. The molecule has 25 heavy (non-hydrogen) atoms. The maximum absolute atomic E-state index is 13.0. The highest BCUT2D eigenvalue weighted by Gasteiger charge is 2.54. The van der Waals surface area contributed by atoms with Gasteiger partial charge in [0.15, 0.2) is 0 Å². The van der Waals surface area contributed by atoms with Gasteiger partial charge in [-0.15, -0.1) is 0 Å². The summed E-state index contributed by atoms with van der Waals surface area (Å²) in [5, 5.41) is -0.818. The molecule has 0 unspecified atom stereocenters. The molecular weight excluding hydrogens is 334 g/mol. The van der Waals surface area contributed by atoms with Gasteiger partial charge in [0.05, 0.1) is 8.80 Å². The SMILES string of the molecule is C[SiH](C)[C@@]1(C(=O)OC(C)(C)C)CCCN1C(=O)OCc1ccccc1. The van der Waals surface area contributed by atoms with E-state index in [1.807, 2.05) is 51.1 Å². The summed E-state index contributed by atoms with van der Waals surface area (Å²) >= 11 is 0. The minimum atomic E-state index is -1.57. The largest absolute Gasteiger partial charge is 0.458 e. The van der Waals surface area contributed by atoms with Gasteiger partial charge in [0, 0.05) is 6.54 Å². The Morgan fingerprint density at radius 3 is 2.40 bits per heavy atom.